The van der Waals surface area contributed by atoms with Gasteiger partial charge in [0.05, 0.1) is 31.4 Å². The highest BCUT2D eigenvalue weighted by molar-refractivity contribution is 5.89. The van der Waals surface area contributed by atoms with Crippen molar-refractivity contribution in [3.63, 3.8) is 0 Å². The lowest BCUT2D eigenvalue weighted by Gasteiger charge is -2.29. The summed E-state index contributed by atoms with van der Waals surface area (Å²) in [5.41, 5.74) is 3.65. The smallest absolute Gasteiger partial charge is 0.254 e. The number of aliphatic hydroxyl groups excluding tert-OH is 1. The average Bonchev–Trinajstić information content (AvgIpc) is 3.56. The molecule has 0 amide bonds. The summed E-state index contributed by atoms with van der Waals surface area (Å²) in [6.45, 7) is 1.17. The van der Waals surface area contributed by atoms with Gasteiger partial charge in [-0.3, -0.25) is 9.36 Å². The topological polar surface area (TPSA) is 102 Å². The molecule has 2 aromatic heterocycles. The first-order valence-electron chi connectivity index (χ1n) is 15.4. The van der Waals surface area contributed by atoms with E-state index in [1.54, 1.807) is 20.3 Å². The van der Waals surface area contributed by atoms with Crippen LogP contribution in [0.5, 0.6) is 11.5 Å². The molecule has 0 radical (unpaired) electrons. The Morgan fingerprint density at radius 2 is 1.47 bits per heavy atom. The average molecular weight is 584 g/mol. The van der Waals surface area contributed by atoms with Gasteiger partial charge in [-0.25, -0.2) is 4.98 Å². The largest absolute Gasteiger partial charge is 0.497 e. The van der Waals surface area contributed by atoms with Gasteiger partial charge in [-0.1, -0.05) is 37.1 Å². The van der Waals surface area contributed by atoms with Crippen molar-refractivity contribution in [2.75, 3.05) is 24.4 Å². The van der Waals surface area contributed by atoms with E-state index in [1.807, 2.05) is 35.0 Å². The molecule has 0 spiro atoms. The Balaban J connectivity index is 1.42. The van der Waals surface area contributed by atoms with E-state index in [0.29, 0.717) is 24.7 Å². The first-order valence-corrected chi connectivity index (χ1v) is 15.4. The minimum Gasteiger partial charge on any atom is -0.497 e. The first-order chi connectivity index (χ1) is 21.0. The number of anilines is 2. The fourth-order valence-electron chi connectivity index (χ4n) is 6.48. The molecule has 0 bridgehead atoms. The Bertz CT molecular complexity index is 1520. The van der Waals surface area contributed by atoms with Gasteiger partial charge in [-0.15, -0.1) is 0 Å². The lowest BCUT2D eigenvalue weighted by atomic mass is 9.93. The zero-order chi connectivity index (χ0) is 29.8. The fraction of sp³-hybridized carbons (Fsp3) is 0.441. The molecule has 0 atom stereocenters. The van der Waals surface area contributed by atoms with E-state index in [9.17, 15) is 9.90 Å². The van der Waals surface area contributed by atoms with Crippen LogP contribution >= 0.6 is 0 Å². The molecule has 4 aromatic rings. The Kier molecular flexibility index (Phi) is 8.79. The van der Waals surface area contributed by atoms with Crippen LogP contribution in [0.3, 0.4) is 0 Å². The van der Waals surface area contributed by atoms with Gasteiger partial charge in [0.25, 0.3) is 5.56 Å². The van der Waals surface area contributed by atoms with Gasteiger partial charge in [0, 0.05) is 37.4 Å². The van der Waals surface area contributed by atoms with Crippen LogP contribution in [0.15, 0.2) is 65.6 Å². The van der Waals surface area contributed by atoms with E-state index in [0.717, 1.165) is 85.1 Å². The number of hydrogen-bond donors (Lipinski definition) is 2. The first kappa shape index (κ1) is 29.0. The number of benzene rings is 2. The van der Waals surface area contributed by atoms with Crippen LogP contribution in [0.25, 0.3) is 11.0 Å². The minimum atomic E-state index is -0.229. The number of nitrogens with zero attached hydrogens (tertiary/aromatic N) is 4. The molecule has 2 fully saturated rings. The highest BCUT2D eigenvalue weighted by Crippen LogP contribution is 2.34. The van der Waals surface area contributed by atoms with Gasteiger partial charge in [0.1, 0.15) is 11.5 Å². The molecule has 9 heteroatoms. The summed E-state index contributed by atoms with van der Waals surface area (Å²) in [4.78, 5) is 26.0. The van der Waals surface area contributed by atoms with Crippen molar-refractivity contribution in [1.29, 1.82) is 0 Å². The van der Waals surface area contributed by atoms with Gasteiger partial charge >= 0.3 is 0 Å². The molecule has 6 rings (SSSR count). The molecule has 2 aromatic carbocycles. The van der Waals surface area contributed by atoms with Crippen LogP contribution in [0, 0.1) is 0 Å². The number of fused-ring (bicyclic) bond motifs is 1. The molecule has 226 valence electrons. The van der Waals surface area contributed by atoms with Crippen LogP contribution in [-0.2, 0) is 13.1 Å². The summed E-state index contributed by atoms with van der Waals surface area (Å²) >= 11 is 0. The second kappa shape index (κ2) is 13.0. The SMILES string of the molecule is COc1ccc(CN(Cc2ccc(OC)cc2)c2cc(=O)n(C3CCCC3)c3nc(N[C@H]4CC[C@H](O)CC4)ncc23)cc1. The summed E-state index contributed by atoms with van der Waals surface area (Å²) in [7, 11) is 3.33. The molecular weight excluding hydrogens is 542 g/mol. The number of methoxy groups -OCH3 is 2. The van der Waals surface area contributed by atoms with Crippen LogP contribution in [-0.4, -0.2) is 46.0 Å². The molecule has 0 unspecified atom stereocenters. The van der Waals surface area contributed by atoms with Crippen LogP contribution in [0.2, 0.25) is 0 Å². The van der Waals surface area contributed by atoms with Crippen molar-refractivity contribution in [1.82, 2.24) is 14.5 Å². The van der Waals surface area contributed by atoms with Gasteiger partial charge in [0.15, 0.2) is 5.65 Å². The number of aliphatic hydroxyl groups is 1. The predicted molar refractivity (Wildman–Crippen MR) is 169 cm³/mol. The molecule has 0 saturated heterocycles. The second-order valence-electron chi connectivity index (χ2n) is 11.8. The monoisotopic (exact) mass is 583 g/mol. The number of hydrogen-bond acceptors (Lipinski definition) is 8. The summed E-state index contributed by atoms with van der Waals surface area (Å²) in [6.07, 6.45) is 9.11. The van der Waals surface area contributed by atoms with E-state index in [4.69, 9.17) is 19.4 Å². The number of aromatic nitrogens is 3. The van der Waals surface area contributed by atoms with Crippen LogP contribution < -0.4 is 25.2 Å². The Morgan fingerprint density at radius 3 is 2.02 bits per heavy atom. The summed E-state index contributed by atoms with van der Waals surface area (Å²) < 4.78 is 12.7. The maximum absolute atomic E-state index is 13.9. The number of ether oxygens (including phenoxy) is 2. The molecule has 0 aliphatic heterocycles. The number of rotatable bonds is 10. The van der Waals surface area contributed by atoms with E-state index in [-0.39, 0.29) is 23.7 Å². The Labute approximate surface area is 252 Å². The van der Waals surface area contributed by atoms with Crippen molar-refractivity contribution in [2.24, 2.45) is 0 Å². The van der Waals surface area contributed by atoms with E-state index in [1.165, 1.54) is 0 Å². The molecular formula is C34H41N5O4. The normalized spacial score (nSPS) is 19.0. The maximum atomic E-state index is 13.9. The fourth-order valence-corrected chi connectivity index (χ4v) is 6.48. The number of pyridine rings is 1. The van der Waals surface area contributed by atoms with Crippen molar-refractivity contribution in [2.45, 2.75) is 82.6 Å². The Hall–Kier alpha value is -4.11. The van der Waals surface area contributed by atoms with Crippen molar-refractivity contribution >= 4 is 22.7 Å². The van der Waals surface area contributed by atoms with Gasteiger partial charge in [-0.05, 0) is 73.9 Å². The molecule has 2 aliphatic rings. The minimum absolute atomic E-state index is 0.0331. The van der Waals surface area contributed by atoms with Crippen LogP contribution in [0.4, 0.5) is 11.6 Å². The third-order valence-electron chi connectivity index (χ3n) is 8.90. The second-order valence-corrected chi connectivity index (χ2v) is 11.8. The van der Waals surface area contributed by atoms with Gasteiger partial charge < -0.3 is 24.8 Å². The molecule has 2 saturated carbocycles. The molecule has 43 heavy (non-hydrogen) atoms. The van der Waals surface area contributed by atoms with Gasteiger partial charge in [-0.2, -0.15) is 4.98 Å². The van der Waals surface area contributed by atoms with Crippen molar-refractivity contribution < 1.29 is 14.6 Å². The third kappa shape index (κ3) is 6.62. The third-order valence-corrected chi connectivity index (χ3v) is 8.90. The quantitative estimate of drug-likeness (QED) is 0.240. The zero-order valence-electron chi connectivity index (χ0n) is 25.0. The summed E-state index contributed by atoms with van der Waals surface area (Å²) in [6, 6.07) is 18.2. The lowest BCUT2D eigenvalue weighted by Crippen LogP contribution is -2.30. The Morgan fingerprint density at radius 1 is 0.884 bits per heavy atom. The molecule has 2 N–H and O–H groups in total. The van der Waals surface area contributed by atoms with E-state index in [2.05, 4.69) is 34.5 Å². The van der Waals surface area contributed by atoms with E-state index < -0.39 is 0 Å². The van der Waals surface area contributed by atoms with E-state index >= 15 is 0 Å². The lowest BCUT2D eigenvalue weighted by molar-refractivity contribution is 0.126. The predicted octanol–water partition coefficient (Wildman–Crippen LogP) is 5.85. The summed E-state index contributed by atoms with van der Waals surface area (Å²) in [5.74, 6) is 2.14. The molecule has 9 nitrogen and oxygen atoms in total. The zero-order valence-corrected chi connectivity index (χ0v) is 25.0. The van der Waals surface area contributed by atoms with Crippen molar-refractivity contribution in [3.8, 4) is 11.5 Å². The highest BCUT2D eigenvalue weighted by atomic mass is 16.5. The number of nitrogens with one attached hydrogen (secondary N) is 1. The van der Waals surface area contributed by atoms with Gasteiger partial charge in [0.2, 0.25) is 5.95 Å². The maximum Gasteiger partial charge on any atom is 0.254 e. The summed E-state index contributed by atoms with van der Waals surface area (Å²) in [5, 5.41) is 14.3. The van der Waals surface area contributed by atoms with Crippen molar-refractivity contribution in [3.05, 3.63) is 82.3 Å². The standard InChI is InChI=1S/C34H41N5O4/c1-42-28-15-7-23(8-16-28)21-38(22-24-9-17-29(43-2)18-10-24)31-19-32(41)39(26-5-3-4-6-26)33-30(31)20-35-34(37-33)36-25-11-13-27(40)14-12-25/h7-10,15-20,25-27,40H,3-6,11-14,21-22H2,1-2H3,(H,35,36,37)/t25-,27-. The van der Waals surface area contributed by atoms with Crippen LogP contribution in [0.1, 0.15) is 68.5 Å². The molecule has 2 heterocycles. The molecule has 2 aliphatic carbocycles. The highest BCUT2D eigenvalue weighted by Gasteiger charge is 2.25.